The lowest BCUT2D eigenvalue weighted by atomic mass is 10.0. The third-order valence-electron chi connectivity index (χ3n) is 5.65. The molecule has 2 heterocycles. The fourth-order valence-corrected chi connectivity index (χ4v) is 4.24. The summed E-state index contributed by atoms with van der Waals surface area (Å²) in [6.07, 6.45) is -1.78. The van der Waals surface area contributed by atoms with Crippen molar-refractivity contribution in [2.45, 2.75) is 44.9 Å². The number of methoxy groups -OCH3 is 1. The zero-order valence-corrected chi connectivity index (χ0v) is 17.4. The monoisotopic (exact) mass is 441 g/mol. The first-order valence-corrected chi connectivity index (χ1v) is 10.3. The molecular formula is C21H23ClF3N3O2. The summed E-state index contributed by atoms with van der Waals surface area (Å²) in [4.78, 5) is 14.7. The van der Waals surface area contributed by atoms with Gasteiger partial charge in [-0.25, -0.2) is 0 Å². The number of carbonyl (C=O) groups excluding carboxylic acids is 1. The van der Waals surface area contributed by atoms with Gasteiger partial charge in [0.05, 0.1) is 7.11 Å². The molecule has 1 aromatic carbocycles. The molecule has 1 aliphatic carbocycles. The molecule has 0 unspecified atom stereocenters. The molecule has 1 aliphatic heterocycles. The van der Waals surface area contributed by atoms with E-state index in [-0.39, 0.29) is 30.9 Å². The Morgan fingerprint density at radius 3 is 2.77 bits per heavy atom. The number of alkyl halides is 3. The van der Waals surface area contributed by atoms with Crippen LogP contribution in [-0.4, -0.2) is 40.7 Å². The minimum atomic E-state index is -4.54. The second-order valence-corrected chi connectivity index (χ2v) is 8.47. The maximum absolute atomic E-state index is 13.6. The average molecular weight is 442 g/mol. The first kappa shape index (κ1) is 21.2. The largest absolute Gasteiger partial charge is 0.496 e. The third kappa shape index (κ3) is 4.64. The van der Waals surface area contributed by atoms with E-state index in [0.717, 1.165) is 19.4 Å². The molecule has 0 bridgehead atoms. The van der Waals surface area contributed by atoms with E-state index in [1.165, 1.54) is 11.8 Å². The number of ether oxygens (including phenoxy) is 1. The van der Waals surface area contributed by atoms with E-state index >= 15 is 0 Å². The molecular weight excluding hydrogens is 419 g/mol. The van der Waals surface area contributed by atoms with E-state index in [0.29, 0.717) is 40.9 Å². The van der Waals surface area contributed by atoms with Gasteiger partial charge >= 0.3 is 6.18 Å². The number of hydrogen-bond donors (Lipinski definition) is 0. The first-order valence-electron chi connectivity index (χ1n) is 9.97. The lowest BCUT2D eigenvalue weighted by Gasteiger charge is -2.27. The Labute approximate surface area is 177 Å². The molecule has 1 fully saturated rings. The van der Waals surface area contributed by atoms with E-state index in [1.807, 2.05) is 0 Å². The van der Waals surface area contributed by atoms with Crippen LogP contribution in [0.5, 0.6) is 5.75 Å². The number of halogens is 4. The molecule has 0 N–H and O–H groups in total. The highest BCUT2D eigenvalue weighted by Gasteiger charge is 2.41. The van der Waals surface area contributed by atoms with Crippen molar-refractivity contribution in [3.8, 4) is 5.75 Å². The van der Waals surface area contributed by atoms with E-state index in [9.17, 15) is 18.0 Å². The average Bonchev–Trinajstić information content (AvgIpc) is 3.41. The van der Waals surface area contributed by atoms with E-state index in [2.05, 4.69) is 10.00 Å². The Hall–Kier alpha value is -2.06. The predicted octanol–water partition coefficient (Wildman–Crippen LogP) is 4.14. The van der Waals surface area contributed by atoms with Gasteiger partial charge < -0.3 is 4.74 Å². The summed E-state index contributed by atoms with van der Waals surface area (Å²) in [6.45, 7) is 1.53. The van der Waals surface area contributed by atoms with Crippen LogP contribution in [0.4, 0.5) is 13.2 Å². The highest BCUT2D eigenvalue weighted by Crippen LogP contribution is 2.37. The Kier molecular flexibility index (Phi) is 5.81. The van der Waals surface area contributed by atoms with Crippen molar-refractivity contribution in [3.63, 3.8) is 0 Å². The van der Waals surface area contributed by atoms with Crippen molar-refractivity contribution in [3.05, 3.63) is 45.7 Å². The number of hydrogen-bond acceptors (Lipinski definition) is 4. The first-order chi connectivity index (χ1) is 14.2. The van der Waals surface area contributed by atoms with Crippen molar-refractivity contribution < 1.29 is 22.7 Å². The van der Waals surface area contributed by atoms with Crippen molar-refractivity contribution in [1.29, 1.82) is 0 Å². The molecule has 2 aliphatic rings. The van der Waals surface area contributed by atoms with Crippen LogP contribution >= 0.6 is 11.6 Å². The van der Waals surface area contributed by atoms with Crippen LogP contribution in [0.15, 0.2) is 18.2 Å². The SMILES string of the molecule is COc1ccc(Cl)cc1CC(=O)Cn1nc(C(F)(F)F)c2c1CCN(CC1CC1)C2. The minimum absolute atomic E-state index is 0.00746. The Bertz CT molecular complexity index is 954. The van der Waals surface area contributed by atoms with Crippen LogP contribution in [0.25, 0.3) is 0 Å². The van der Waals surface area contributed by atoms with Crippen LogP contribution in [0.3, 0.4) is 0 Å². The van der Waals surface area contributed by atoms with Gasteiger partial charge in [0.2, 0.25) is 0 Å². The number of fused-ring (bicyclic) bond motifs is 1. The summed E-state index contributed by atoms with van der Waals surface area (Å²) in [7, 11) is 1.49. The molecule has 0 spiro atoms. The van der Waals surface area contributed by atoms with Gasteiger partial charge in [0.25, 0.3) is 0 Å². The Morgan fingerprint density at radius 2 is 2.10 bits per heavy atom. The maximum atomic E-state index is 13.6. The zero-order chi connectivity index (χ0) is 21.5. The third-order valence-corrected chi connectivity index (χ3v) is 5.89. The molecule has 1 saturated carbocycles. The van der Waals surface area contributed by atoms with Gasteiger partial charge in [0.1, 0.15) is 12.3 Å². The maximum Gasteiger partial charge on any atom is 0.435 e. The van der Waals surface area contributed by atoms with Crippen molar-refractivity contribution in [2.75, 3.05) is 20.2 Å². The van der Waals surface area contributed by atoms with Gasteiger partial charge in [-0.1, -0.05) is 11.6 Å². The number of ketones is 1. The number of rotatable bonds is 7. The van der Waals surface area contributed by atoms with Crippen LogP contribution < -0.4 is 4.74 Å². The van der Waals surface area contributed by atoms with Gasteiger partial charge in [-0.3, -0.25) is 14.4 Å². The zero-order valence-electron chi connectivity index (χ0n) is 16.6. The summed E-state index contributed by atoms with van der Waals surface area (Å²) in [5.41, 5.74) is 0.456. The molecule has 9 heteroatoms. The summed E-state index contributed by atoms with van der Waals surface area (Å²) in [5, 5.41) is 4.28. The molecule has 0 radical (unpaired) electrons. The second kappa shape index (κ2) is 8.23. The molecule has 30 heavy (non-hydrogen) atoms. The van der Waals surface area contributed by atoms with E-state index < -0.39 is 11.9 Å². The molecule has 5 nitrogen and oxygen atoms in total. The second-order valence-electron chi connectivity index (χ2n) is 8.03. The van der Waals surface area contributed by atoms with Gasteiger partial charge in [-0.2, -0.15) is 18.3 Å². The number of nitrogens with zero attached hydrogens (tertiary/aromatic N) is 3. The standard InChI is InChI=1S/C21H23ClF3N3O2/c1-30-19-5-4-15(22)8-14(19)9-16(29)11-28-18-6-7-27(10-13-2-3-13)12-17(18)20(26-28)21(23,24)25/h4-5,8,13H,2-3,6-7,9-12H2,1H3. The minimum Gasteiger partial charge on any atom is -0.496 e. The van der Waals surface area contributed by atoms with Crippen LogP contribution in [0.2, 0.25) is 5.02 Å². The summed E-state index contributed by atoms with van der Waals surface area (Å²) < 4.78 is 47.3. The van der Waals surface area contributed by atoms with Gasteiger partial charge in [0.15, 0.2) is 11.5 Å². The van der Waals surface area contributed by atoms with Gasteiger partial charge in [-0.05, 0) is 37.0 Å². The van der Waals surface area contributed by atoms with Crippen LogP contribution in [0, 0.1) is 5.92 Å². The molecule has 0 atom stereocenters. The normalized spacial score (nSPS) is 17.1. The van der Waals surface area contributed by atoms with Crippen molar-refractivity contribution in [2.24, 2.45) is 5.92 Å². The van der Waals surface area contributed by atoms with Gasteiger partial charge in [0, 0.05) is 54.3 Å². The lowest BCUT2D eigenvalue weighted by molar-refractivity contribution is -0.142. The summed E-state index contributed by atoms with van der Waals surface area (Å²) in [5.74, 6) is 0.863. The molecule has 1 aromatic heterocycles. The van der Waals surface area contributed by atoms with Crippen LogP contribution in [-0.2, 0) is 36.9 Å². The van der Waals surface area contributed by atoms with E-state index in [1.54, 1.807) is 18.2 Å². The fraction of sp³-hybridized carbons (Fsp3) is 0.524. The molecule has 4 rings (SSSR count). The predicted molar refractivity (Wildman–Crippen MR) is 106 cm³/mol. The molecule has 2 aromatic rings. The number of carbonyl (C=O) groups is 1. The summed E-state index contributed by atoms with van der Waals surface area (Å²) >= 11 is 6.01. The van der Waals surface area contributed by atoms with Gasteiger partial charge in [-0.15, -0.1) is 0 Å². The highest BCUT2D eigenvalue weighted by molar-refractivity contribution is 6.30. The fourth-order valence-electron chi connectivity index (χ4n) is 4.05. The summed E-state index contributed by atoms with van der Waals surface area (Å²) in [6, 6.07) is 4.95. The van der Waals surface area contributed by atoms with Crippen molar-refractivity contribution >= 4 is 17.4 Å². The lowest BCUT2D eigenvalue weighted by Crippen LogP contribution is -2.33. The topological polar surface area (TPSA) is 47.4 Å². The quantitative estimate of drug-likeness (QED) is 0.647. The van der Waals surface area contributed by atoms with Crippen LogP contribution in [0.1, 0.15) is 35.4 Å². The van der Waals surface area contributed by atoms with Crippen molar-refractivity contribution in [1.82, 2.24) is 14.7 Å². The molecule has 0 saturated heterocycles. The number of benzene rings is 1. The Morgan fingerprint density at radius 1 is 1.33 bits per heavy atom. The smallest absolute Gasteiger partial charge is 0.435 e. The Balaban J connectivity index is 1.55. The number of aromatic nitrogens is 2. The number of Topliss-reactive ketones (excluding diaryl/α,β-unsaturated/α-hetero) is 1. The highest BCUT2D eigenvalue weighted by atomic mass is 35.5. The molecule has 0 amide bonds. The molecule has 162 valence electrons. The van der Waals surface area contributed by atoms with E-state index in [4.69, 9.17) is 16.3 Å².